The van der Waals surface area contributed by atoms with Crippen LogP contribution in [-0.2, 0) is 6.54 Å². The van der Waals surface area contributed by atoms with E-state index in [4.69, 9.17) is 47.0 Å². The van der Waals surface area contributed by atoms with Crippen molar-refractivity contribution >= 4 is 63.6 Å². The van der Waals surface area contributed by atoms with Crippen LogP contribution in [0.1, 0.15) is 5.56 Å². The minimum absolute atomic E-state index is 0.319. The normalized spacial score (nSPS) is 10.6. The molecule has 3 aromatic rings. The van der Waals surface area contributed by atoms with Crippen LogP contribution in [0.5, 0.6) is 0 Å². The Balaban J connectivity index is 1.64. The van der Waals surface area contributed by atoms with Gasteiger partial charge in [0.05, 0.1) is 17.3 Å². The zero-order valence-corrected chi connectivity index (χ0v) is 16.2. The summed E-state index contributed by atoms with van der Waals surface area (Å²) in [5, 5.41) is 12.0. The molecule has 134 valence electrons. The van der Waals surface area contributed by atoms with Gasteiger partial charge in [0.25, 0.3) is 0 Å². The van der Waals surface area contributed by atoms with Gasteiger partial charge in [0.1, 0.15) is 5.82 Å². The Labute approximate surface area is 169 Å². The Bertz CT molecular complexity index is 961. The van der Waals surface area contributed by atoms with Crippen molar-refractivity contribution in [3.63, 3.8) is 0 Å². The molecule has 2 N–H and O–H groups in total. The third-order valence-electron chi connectivity index (χ3n) is 3.41. The summed E-state index contributed by atoms with van der Waals surface area (Å²) in [7, 11) is 0. The van der Waals surface area contributed by atoms with Gasteiger partial charge in [0.15, 0.2) is 10.9 Å². The molecule has 0 bridgehead atoms. The van der Waals surface area contributed by atoms with Crippen LogP contribution in [-0.4, -0.2) is 14.9 Å². The molecule has 0 aliphatic heterocycles. The molecule has 1 aromatic heterocycles. The Morgan fingerprint density at radius 1 is 1.04 bits per heavy atom. The van der Waals surface area contributed by atoms with Crippen LogP contribution in [0.25, 0.3) is 0 Å². The van der Waals surface area contributed by atoms with Gasteiger partial charge in [0.2, 0.25) is 0 Å². The quantitative estimate of drug-likeness (QED) is 0.511. The molecule has 0 radical (unpaired) electrons. The summed E-state index contributed by atoms with van der Waals surface area (Å²) in [6, 6.07) is 11.0. The molecule has 0 fully saturated rings. The summed E-state index contributed by atoms with van der Waals surface area (Å²) in [5.74, 6) is 0.163. The van der Waals surface area contributed by atoms with Crippen LogP contribution in [0.15, 0.2) is 48.7 Å². The van der Waals surface area contributed by atoms with E-state index in [0.717, 1.165) is 5.56 Å². The first-order valence-electron chi connectivity index (χ1n) is 7.41. The van der Waals surface area contributed by atoms with Gasteiger partial charge >= 0.3 is 0 Å². The van der Waals surface area contributed by atoms with Crippen molar-refractivity contribution in [3.05, 3.63) is 75.1 Å². The Hall–Kier alpha value is -1.86. The topological polar surface area (TPSA) is 41.9 Å². The van der Waals surface area contributed by atoms with Crippen LogP contribution in [0.4, 0.5) is 15.9 Å². The Morgan fingerprint density at radius 2 is 1.85 bits per heavy atom. The zero-order valence-electron chi connectivity index (χ0n) is 13.1. The summed E-state index contributed by atoms with van der Waals surface area (Å²) < 4.78 is 14.8. The maximum Gasteiger partial charge on any atom is 0.176 e. The molecule has 3 rings (SSSR count). The lowest BCUT2D eigenvalue weighted by Crippen LogP contribution is -2.19. The van der Waals surface area contributed by atoms with E-state index in [9.17, 15) is 4.39 Å². The maximum absolute atomic E-state index is 13.1. The summed E-state index contributed by atoms with van der Waals surface area (Å²) >= 11 is 23.3. The summed E-state index contributed by atoms with van der Waals surface area (Å²) in [5.41, 5.74) is 1.35. The maximum atomic E-state index is 13.1. The molecule has 9 heteroatoms. The molecule has 0 unspecified atom stereocenters. The lowest BCUT2D eigenvalue weighted by Gasteiger charge is -2.10. The van der Waals surface area contributed by atoms with Crippen molar-refractivity contribution in [3.8, 4) is 0 Å². The number of rotatable bonds is 4. The lowest BCUT2D eigenvalue weighted by atomic mass is 10.2. The van der Waals surface area contributed by atoms with Crippen molar-refractivity contribution < 1.29 is 4.39 Å². The van der Waals surface area contributed by atoms with Crippen molar-refractivity contribution in [2.24, 2.45) is 0 Å². The molecule has 0 aliphatic carbocycles. The second-order valence-electron chi connectivity index (χ2n) is 5.34. The van der Waals surface area contributed by atoms with Crippen LogP contribution < -0.4 is 10.6 Å². The summed E-state index contributed by atoms with van der Waals surface area (Å²) in [6.45, 7) is 0.404. The van der Waals surface area contributed by atoms with Crippen LogP contribution in [0.3, 0.4) is 0 Å². The smallest absolute Gasteiger partial charge is 0.176 e. The first-order chi connectivity index (χ1) is 12.4. The van der Waals surface area contributed by atoms with Crippen molar-refractivity contribution in [2.75, 3.05) is 10.6 Å². The highest BCUT2D eigenvalue weighted by Crippen LogP contribution is 2.25. The fraction of sp³-hybridized carbons (Fsp3) is 0.0588. The number of anilines is 2. The standard InChI is InChI=1S/C17H12Cl3FN4S/c18-11-2-4-13(19)15(7-11)22-17(26)23-16-5-6-25(24-16)9-10-1-3-12(21)8-14(10)20/h1-8H,9H2,(H2,22,23,24,26). The van der Waals surface area contributed by atoms with Crippen molar-refractivity contribution in [2.45, 2.75) is 6.54 Å². The molecule has 1 heterocycles. The average molecular weight is 430 g/mol. The van der Waals surface area contributed by atoms with Gasteiger partial charge < -0.3 is 10.6 Å². The van der Waals surface area contributed by atoms with Crippen LogP contribution >= 0.6 is 47.0 Å². The largest absolute Gasteiger partial charge is 0.331 e. The number of aromatic nitrogens is 2. The number of halogens is 4. The molecule has 0 spiro atoms. The zero-order chi connectivity index (χ0) is 18.7. The molecular weight excluding hydrogens is 418 g/mol. The van der Waals surface area contributed by atoms with Gasteiger partial charge in [-0.25, -0.2) is 4.39 Å². The molecule has 2 aromatic carbocycles. The van der Waals surface area contributed by atoms with Crippen LogP contribution in [0.2, 0.25) is 15.1 Å². The van der Waals surface area contributed by atoms with Gasteiger partial charge in [-0.1, -0.05) is 40.9 Å². The number of nitrogens with one attached hydrogen (secondary N) is 2. The molecule has 0 atom stereocenters. The molecule has 0 saturated carbocycles. The van der Waals surface area contributed by atoms with E-state index < -0.39 is 0 Å². The molecular formula is C17H12Cl3FN4S. The number of thiocarbonyl (C=S) groups is 1. The number of nitrogens with zero attached hydrogens (tertiary/aromatic N) is 2. The van der Waals surface area contributed by atoms with Gasteiger partial charge in [-0.05, 0) is 48.1 Å². The molecule has 0 amide bonds. The monoisotopic (exact) mass is 428 g/mol. The van der Waals surface area contributed by atoms with Crippen molar-refractivity contribution in [1.82, 2.24) is 9.78 Å². The SMILES string of the molecule is Fc1ccc(Cn2ccc(NC(=S)Nc3cc(Cl)ccc3Cl)n2)c(Cl)c1. The second-order valence-corrected chi connectivity index (χ2v) is 7.00. The van der Waals surface area contributed by atoms with E-state index in [1.54, 1.807) is 41.2 Å². The first-order valence-corrected chi connectivity index (χ1v) is 8.95. The summed E-state index contributed by atoms with van der Waals surface area (Å²) in [6.07, 6.45) is 1.76. The first kappa shape index (κ1) is 18.9. The van der Waals surface area contributed by atoms with Crippen LogP contribution in [0, 0.1) is 5.82 Å². The fourth-order valence-corrected chi connectivity index (χ4v) is 2.98. The third kappa shape index (κ3) is 4.86. The van der Waals surface area contributed by atoms with Gasteiger partial charge in [0, 0.05) is 22.3 Å². The Morgan fingerprint density at radius 3 is 2.62 bits per heavy atom. The predicted octanol–water partition coefficient (Wildman–Crippen LogP) is 5.84. The third-order valence-corrected chi connectivity index (χ3v) is 4.53. The highest BCUT2D eigenvalue weighted by molar-refractivity contribution is 7.80. The second kappa shape index (κ2) is 8.22. The minimum atomic E-state index is -0.377. The molecule has 0 aliphatic rings. The van der Waals surface area contributed by atoms with E-state index in [-0.39, 0.29) is 5.82 Å². The van der Waals surface area contributed by atoms with E-state index in [0.29, 0.717) is 38.2 Å². The molecule has 0 saturated heterocycles. The van der Waals surface area contributed by atoms with E-state index in [1.807, 2.05) is 0 Å². The average Bonchev–Trinajstić information content (AvgIpc) is 3.00. The highest BCUT2D eigenvalue weighted by atomic mass is 35.5. The van der Waals surface area contributed by atoms with E-state index in [2.05, 4.69) is 15.7 Å². The van der Waals surface area contributed by atoms with E-state index >= 15 is 0 Å². The number of hydrogen-bond donors (Lipinski definition) is 2. The van der Waals surface area contributed by atoms with Crippen molar-refractivity contribution in [1.29, 1.82) is 0 Å². The lowest BCUT2D eigenvalue weighted by molar-refractivity contribution is 0.624. The predicted molar refractivity (Wildman–Crippen MR) is 109 cm³/mol. The van der Waals surface area contributed by atoms with Gasteiger partial charge in [-0.15, -0.1) is 0 Å². The number of benzene rings is 2. The summed E-state index contributed by atoms with van der Waals surface area (Å²) in [4.78, 5) is 0. The molecule has 4 nitrogen and oxygen atoms in total. The molecule has 26 heavy (non-hydrogen) atoms. The van der Waals surface area contributed by atoms with Gasteiger partial charge in [-0.2, -0.15) is 5.10 Å². The Kier molecular flexibility index (Phi) is 5.98. The highest BCUT2D eigenvalue weighted by Gasteiger charge is 2.08. The number of hydrogen-bond acceptors (Lipinski definition) is 2. The fourth-order valence-electron chi connectivity index (χ4n) is 2.20. The minimum Gasteiger partial charge on any atom is -0.331 e. The van der Waals surface area contributed by atoms with E-state index in [1.165, 1.54) is 12.1 Å². The van der Waals surface area contributed by atoms with Gasteiger partial charge in [-0.3, -0.25) is 4.68 Å².